The predicted octanol–water partition coefficient (Wildman–Crippen LogP) is 4.94. The maximum absolute atomic E-state index is 13.6. The molecule has 0 unspecified atom stereocenters. The van der Waals surface area contributed by atoms with E-state index in [1.807, 2.05) is 30.3 Å². The highest BCUT2D eigenvalue weighted by atomic mass is 16.6. The van der Waals surface area contributed by atoms with Gasteiger partial charge < -0.3 is 31.3 Å². The Bertz CT molecular complexity index is 2120. The van der Waals surface area contributed by atoms with Crippen molar-refractivity contribution in [1.82, 2.24) is 26.6 Å². The largest absolute Gasteiger partial charge is 0.458 e. The van der Waals surface area contributed by atoms with E-state index >= 15 is 0 Å². The van der Waals surface area contributed by atoms with Crippen LogP contribution in [0.15, 0.2) is 54.6 Å². The molecule has 0 aromatic heterocycles. The number of ether oxygens (including phenoxy) is 1. The first-order valence-corrected chi connectivity index (χ1v) is 18.1. The molecule has 0 spiro atoms. The van der Waals surface area contributed by atoms with Crippen molar-refractivity contribution in [3.63, 3.8) is 0 Å². The van der Waals surface area contributed by atoms with Crippen molar-refractivity contribution in [3.05, 3.63) is 60.2 Å². The third-order valence-electron chi connectivity index (χ3n) is 9.31. The topological polar surface area (TPSA) is 172 Å². The van der Waals surface area contributed by atoms with E-state index in [2.05, 4.69) is 50.8 Å². The van der Waals surface area contributed by atoms with Crippen LogP contribution in [0, 0.1) is 0 Å². The summed E-state index contributed by atoms with van der Waals surface area (Å²) in [4.78, 5) is 79.8. The number of rotatable bonds is 12. The van der Waals surface area contributed by atoms with Crippen LogP contribution in [0.5, 0.6) is 0 Å². The molecule has 4 aromatic rings. The molecule has 0 aliphatic rings. The van der Waals surface area contributed by atoms with Crippen LogP contribution < -0.4 is 26.6 Å². The molecule has 5 N–H and O–H groups in total. The Morgan fingerprint density at radius 2 is 0.833 bits per heavy atom. The molecular formula is C42H55N5O7. The standard InChI is InChI=1S/C42H55N5O7/c1-37(2,3)54-36(53)42(12,13)47-35(52)41(10,11)46-34(51)40(8,9)45-33(50)39(6,7)44-32(49)38(4,5)43-29(48)23-27-20-19-26-18-17-24-15-14-16-25-21-22-28(27)31(26)30(24)25/h14-22H,23H2,1-13H3,(H,43,48)(H,44,49)(H,45,50)(H,46,51)(H,47,52). The van der Waals surface area contributed by atoms with Crippen molar-refractivity contribution < 1.29 is 33.5 Å². The van der Waals surface area contributed by atoms with E-state index in [1.165, 1.54) is 55.4 Å². The number of hydrogen-bond acceptors (Lipinski definition) is 7. The van der Waals surface area contributed by atoms with Crippen molar-refractivity contribution in [1.29, 1.82) is 0 Å². The Kier molecular flexibility index (Phi) is 10.9. The van der Waals surface area contributed by atoms with Gasteiger partial charge in [0, 0.05) is 0 Å². The van der Waals surface area contributed by atoms with Crippen LogP contribution >= 0.6 is 0 Å². The molecule has 5 amide bonds. The Morgan fingerprint density at radius 3 is 1.28 bits per heavy atom. The molecule has 0 fully saturated rings. The van der Waals surface area contributed by atoms with Gasteiger partial charge in [-0.15, -0.1) is 0 Å². The highest BCUT2D eigenvalue weighted by Gasteiger charge is 2.43. The van der Waals surface area contributed by atoms with E-state index in [-0.39, 0.29) is 12.3 Å². The Hall–Kier alpha value is -5.26. The van der Waals surface area contributed by atoms with Crippen molar-refractivity contribution >= 4 is 67.8 Å². The number of carbonyl (C=O) groups is 6. The normalized spacial score (nSPS) is 13.1. The minimum Gasteiger partial charge on any atom is -0.458 e. The molecule has 0 aliphatic heterocycles. The summed E-state index contributed by atoms with van der Waals surface area (Å²) in [6, 6.07) is 18.3. The maximum atomic E-state index is 13.6. The van der Waals surface area contributed by atoms with Crippen molar-refractivity contribution in [2.24, 2.45) is 0 Å². The summed E-state index contributed by atoms with van der Waals surface area (Å²) in [7, 11) is 0. The molecule has 0 saturated heterocycles. The lowest BCUT2D eigenvalue weighted by atomic mass is 9.91. The summed E-state index contributed by atoms with van der Waals surface area (Å²) < 4.78 is 5.41. The second kappa shape index (κ2) is 14.2. The first-order chi connectivity index (χ1) is 24.6. The third kappa shape index (κ3) is 9.09. The van der Waals surface area contributed by atoms with E-state index in [4.69, 9.17) is 4.74 Å². The molecule has 0 aliphatic carbocycles. The second-order valence-corrected chi connectivity index (χ2v) is 17.7. The van der Waals surface area contributed by atoms with Gasteiger partial charge in [0.2, 0.25) is 29.5 Å². The molecular weight excluding hydrogens is 686 g/mol. The highest BCUT2D eigenvalue weighted by Crippen LogP contribution is 2.36. The van der Waals surface area contributed by atoms with Crippen LogP contribution in [-0.4, -0.2) is 68.8 Å². The van der Waals surface area contributed by atoms with Gasteiger partial charge in [0.25, 0.3) is 0 Å². The van der Waals surface area contributed by atoms with Crippen LogP contribution in [0.1, 0.15) is 95.6 Å². The van der Waals surface area contributed by atoms with E-state index in [0.717, 1.165) is 37.9 Å². The number of amides is 5. The highest BCUT2D eigenvalue weighted by molar-refractivity contribution is 6.23. The van der Waals surface area contributed by atoms with Gasteiger partial charge in [-0.25, -0.2) is 4.79 Å². The molecule has 54 heavy (non-hydrogen) atoms. The molecule has 12 heteroatoms. The lowest BCUT2D eigenvalue weighted by molar-refractivity contribution is -0.163. The first kappa shape index (κ1) is 41.5. The lowest BCUT2D eigenvalue weighted by Crippen LogP contribution is -2.68. The third-order valence-corrected chi connectivity index (χ3v) is 9.31. The van der Waals surface area contributed by atoms with Gasteiger partial charge in [-0.1, -0.05) is 54.6 Å². The van der Waals surface area contributed by atoms with Crippen molar-refractivity contribution in [2.45, 2.75) is 130 Å². The van der Waals surface area contributed by atoms with E-state index in [0.29, 0.717) is 0 Å². The zero-order chi connectivity index (χ0) is 40.8. The van der Waals surface area contributed by atoms with Crippen molar-refractivity contribution in [3.8, 4) is 0 Å². The van der Waals surface area contributed by atoms with E-state index in [9.17, 15) is 28.8 Å². The SMILES string of the molecule is CC(C)(C)OC(=O)C(C)(C)NC(=O)C(C)(C)NC(=O)C(C)(C)NC(=O)C(C)(C)NC(=O)C(C)(C)NC(=O)Cc1ccc2ccc3cccc4ccc1c2c34. The molecule has 0 atom stereocenters. The zero-order valence-electron chi connectivity index (χ0n) is 33.8. The summed E-state index contributed by atoms with van der Waals surface area (Å²) >= 11 is 0. The van der Waals surface area contributed by atoms with E-state index in [1.54, 1.807) is 34.6 Å². The predicted molar refractivity (Wildman–Crippen MR) is 211 cm³/mol. The van der Waals surface area contributed by atoms with Gasteiger partial charge in [0.15, 0.2) is 0 Å². The summed E-state index contributed by atoms with van der Waals surface area (Å²) in [5, 5.41) is 20.0. The van der Waals surface area contributed by atoms with Crippen LogP contribution in [0.25, 0.3) is 32.3 Å². The summed E-state index contributed by atoms with van der Waals surface area (Å²) in [5.41, 5.74) is -7.31. The van der Waals surface area contributed by atoms with Gasteiger partial charge in [0.1, 0.15) is 33.3 Å². The molecule has 4 rings (SSSR count). The Morgan fingerprint density at radius 1 is 0.463 bits per heavy atom. The minimum absolute atomic E-state index is 0.0327. The number of benzene rings is 4. The first-order valence-electron chi connectivity index (χ1n) is 18.1. The quantitative estimate of drug-likeness (QED) is 0.101. The van der Waals surface area contributed by atoms with Crippen LogP contribution in [0.3, 0.4) is 0 Å². The van der Waals surface area contributed by atoms with Crippen LogP contribution in [0.4, 0.5) is 0 Å². The molecule has 4 aromatic carbocycles. The zero-order valence-corrected chi connectivity index (χ0v) is 33.8. The molecule has 0 radical (unpaired) electrons. The number of esters is 1. The van der Waals surface area contributed by atoms with Gasteiger partial charge in [-0.05, 0) is 128 Å². The Labute approximate surface area is 317 Å². The maximum Gasteiger partial charge on any atom is 0.331 e. The molecule has 0 heterocycles. The average Bonchev–Trinajstić information content (AvgIpc) is 3.02. The van der Waals surface area contributed by atoms with Gasteiger partial charge in [0.05, 0.1) is 6.42 Å². The van der Waals surface area contributed by atoms with Gasteiger partial charge in [-0.3, -0.25) is 24.0 Å². The number of carbonyl (C=O) groups excluding carboxylic acids is 6. The fourth-order valence-electron chi connectivity index (χ4n) is 5.96. The smallest absolute Gasteiger partial charge is 0.331 e. The fraction of sp³-hybridized carbons (Fsp3) is 0.476. The number of hydrogen-bond donors (Lipinski definition) is 5. The van der Waals surface area contributed by atoms with Crippen LogP contribution in [0.2, 0.25) is 0 Å². The minimum atomic E-state index is -1.54. The Balaban J connectivity index is 1.38. The molecule has 0 saturated carbocycles. The molecule has 12 nitrogen and oxygen atoms in total. The molecule has 0 bridgehead atoms. The monoisotopic (exact) mass is 741 g/mol. The average molecular weight is 742 g/mol. The van der Waals surface area contributed by atoms with Crippen molar-refractivity contribution in [2.75, 3.05) is 0 Å². The number of nitrogens with one attached hydrogen (secondary N) is 5. The summed E-state index contributed by atoms with van der Waals surface area (Å²) in [5.74, 6) is -3.64. The lowest BCUT2D eigenvalue weighted by Gasteiger charge is -2.37. The van der Waals surface area contributed by atoms with Gasteiger partial charge >= 0.3 is 5.97 Å². The summed E-state index contributed by atoms with van der Waals surface area (Å²) in [6.07, 6.45) is 0.0327. The fourth-order valence-corrected chi connectivity index (χ4v) is 5.96. The molecule has 290 valence electrons. The van der Waals surface area contributed by atoms with E-state index < -0.39 is 62.9 Å². The van der Waals surface area contributed by atoms with Crippen LogP contribution in [-0.2, 0) is 39.9 Å². The van der Waals surface area contributed by atoms with Gasteiger partial charge in [-0.2, -0.15) is 0 Å². The summed E-state index contributed by atoms with van der Waals surface area (Å²) in [6.45, 7) is 20.0. The second-order valence-electron chi connectivity index (χ2n) is 17.7.